The summed E-state index contributed by atoms with van der Waals surface area (Å²) in [4.78, 5) is 12.3. The summed E-state index contributed by atoms with van der Waals surface area (Å²) in [7, 11) is 0. The minimum absolute atomic E-state index is 0.0610. The number of carbonyl (C=O) groups excluding carboxylic acids is 1. The minimum Gasteiger partial charge on any atom is -0.508 e. The number of carbonyl (C=O) groups is 1. The van der Waals surface area contributed by atoms with Crippen molar-refractivity contribution in [1.82, 2.24) is 0 Å². The normalized spacial score (nSPS) is 10.5. The topological polar surface area (TPSA) is 115 Å². The fourth-order valence-corrected chi connectivity index (χ4v) is 2.51. The van der Waals surface area contributed by atoms with Crippen LogP contribution in [0.15, 0.2) is 42.0 Å². The van der Waals surface area contributed by atoms with Crippen LogP contribution in [0.4, 0.5) is 5.69 Å². The summed E-state index contributed by atoms with van der Waals surface area (Å²) < 4.78 is 10.8. The van der Waals surface area contributed by atoms with E-state index in [1.807, 2.05) is 12.1 Å². The molecule has 0 bridgehead atoms. The molecule has 2 aromatic rings. The van der Waals surface area contributed by atoms with Crippen LogP contribution in [0.1, 0.15) is 12.5 Å². The van der Waals surface area contributed by atoms with Gasteiger partial charge in [0.05, 0.1) is 11.6 Å². The molecule has 0 atom stereocenters. The molecule has 2 rings (SSSR count). The number of rotatable bonds is 7. The second kappa shape index (κ2) is 9.86. The third-order valence-corrected chi connectivity index (χ3v) is 3.69. The first-order chi connectivity index (χ1) is 13.5. The SMILES string of the molecule is CCOc1cc(/C=C(\C#N)C(=O)Nc2ccc(O)cc2)cc(Cl)c1OCC#N. The van der Waals surface area contributed by atoms with E-state index in [-0.39, 0.29) is 28.7 Å². The molecule has 0 aliphatic heterocycles. The van der Waals surface area contributed by atoms with Crippen molar-refractivity contribution in [2.45, 2.75) is 6.92 Å². The van der Waals surface area contributed by atoms with Crippen LogP contribution < -0.4 is 14.8 Å². The van der Waals surface area contributed by atoms with E-state index in [4.69, 9.17) is 26.3 Å². The van der Waals surface area contributed by atoms with Crippen molar-refractivity contribution in [3.63, 3.8) is 0 Å². The molecule has 0 radical (unpaired) electrons. The van der Waals surface area contributed by atoms with E-state index in [0.29, 0.717) is 23.6 Å². The highest BCUT2D eigenvalue weighted by molar-refractivity contribution is 6.32. The molecule has 0 saturated carbocycles. The monoisotopic (exact) mass is 397 g/mol. The third-order valence-electron chi connectivity index (χ3n) is 3.41. The Morgan fingerprint density at radius 2 is 1.96 bits per heavy atom. The van der Waals surface area contributed by atoms with Crippen LogP contribution in [-0.2, 0) is 4.79 Å². The Morgan fingerprint density at radius 3 is 2.57 bits per heavy atom. The standard InChI is InChI=1S/C20H16ClN3O4/c1-2-27-18-11-13(10-17(21)19(18)28-8-7-22)9-14(12-23)20(26)24-15-3-5-16(25)6-4-15/h3-6,9-11,25H,2,8H2,1H3,(H,24,26)/b14-9+. The fraction of sp³-hybridized carbons (Fsp3) is 0.150. The highest BCUT2D eigenvalue weighted by atomic mass is 35.5. The number of hydrogen-bond donors (Lipinski definition) is 2. The van der Waals surface area contributed by atoms with Gasteiger partial charge in [0, 0.05) is 5.69 Å². The molecule has 2 N–H and O–H groups in total. The van der Waals surface area contributed by atoms with Crippen molar-refractivity contribution in [1.29, 1.82) is 10.5 Å². The third kappa shape index (κ3) is 5.41. The highest BCUT2D eigenvalue weighted by Gasteiger charge is 2.14. The van der Waals surface area contributed by atoms with Crippen LogP contribution in [0, 0.1) is 22.7 Å². The van der Waals surface area contributed by atoms with Gasteiger partial charge in [0.2, 0.25) is 0 Å². The maximum absolute atomic E-state index is 12.3. The van der Waals surface area contributed by atoms with E-state index in [1.165, 1.54) is 36.4 Å². The van der Waals surface area contributed by atoms with Gasteiger partial charge >= 0.3 is 0 Å². The maximum atomic E-state index is 12.3. The van der Waals surface area contributed by atoms with Crippen molar-refractivity contribution in [2.24, 2.45) is 0 Å². The van der Waals surface area contributed by atoms with Crippen molar-refractivity contribution in [3.05, 3.63) is 52.6 Å². The molecule has 0 unspecified atom stereocenters. The molecule has 28 heavy (non-hydrogen) atoms. The van der Waals surface area contributed by atoms with Crippen LogP contribution in [0.5, 0.6) is 17.2 Å². The van der Waals surface area contributed by atoms with Gasteiger partial charge in [-0.3, -0.25) is 4.79 Å². The second-order valence-corrected chi connectivity index (χ2v) is 5.79. The van der Waals surface area contributed by atoms with Gasteiger partial charge in [-0.1, -0.05) is 11.6 Å². The Bertz CT molecular complexity index is 973. The Hall–Kier alpha value is -3.68. The van der Waals surface area contributed by atoms with Gasteiger partial charge in [-0.15, -0.1) is 0 Å². The zero-order valence-corrected chi connectivity index (χ0v) is 15.7. The molecule has 1 amide bonds. The molecule has 2 aromatic carbocycles. The molecule has 0 spiro atoms. The number of nitrogens with one attached hydrogen (secondary N) is 1. The number of anilines is 1. The fourth-order valence-electron chi connectivity index (χ4n) is 2.24. The van der Waals surface area contributed by atoms with Crippen molar-refractivity contribution in [2.75, 3.05) is 18.5 Å². The average molecular weight is 398 g/mol. The van der Waals surface area contributed by atoms with E-state index in [2.05, 4.69) is 5.32 Å². The van der Waals surface area contributed by atoms with Gasteiger partial charge in [0.1, 0.15) is 23.5 Å². The number of hydrogen-bond acceptors (Lipinski definition) is 6. The van der Waals surface area contributed by atoms with Gasteiger partial charge in [0.15, 0.2) is 18.1 Å². The largest absolute Gasteiger partial charge is 0.508 e. The molecule has 0 aliphatic carbocycles. The lowest BCUT2D eigenvalue weighted by molar-refractivity contribution is -0.112. The van der Waals surface area contributed by atoms with Crippen molar-refractivity contribution >= 4 is 29.3 Å². The Labute approximate surface area is 167 Å². The lowest BCUT2D eigenvalue weighted by Gasteiger charge is -2.13. The van der Waals surface area contributed by atoms with Gasteiger partial charge in [-0.25, -0.2) is 0 Å². The first-order valence-electron chi connectivity index (χ1n) is 8.16. The number of halogens is 1. The summed E-state index contributed by atoms with van der Waals surface area (Å²) in [6.07, 6.45) is 1.36. The summed E-state index contributed by atoms with van der Waals surface area (Å²) >= 11 is 6.21. The Morgan fingerprint density at radius 1 is 1.25 bits per heavy atom. The number of ether oxygens (including phenoxy) is 2. The Balaban J connectivity index is 2.32. The quantitative estimate of drug-likeness (QED) is 0.416. The number of nitriles is 2. The molecule has 7 nitrogen and oxygen atoms in total. The van der Waals surface area contributed by atoms with Crippen molar-refractivity contribution < 1.29 is 19.4 Å². The minimum atomic E-state index is -0.618. The van der Waals surface area contributed by atoms with Gasteiger partial charge in [-0.2, -0.15) is 10.5 Å². The molecule has 0 saturated heterocycles. The van der Waals surface area contributed by atoms with Crippen LogP contribution in [0.2, 0.25) is 5.02 Å². The first kappa shape index (κ1) is 20.6. The number of phenols is 1. The van der Waals surface area contributed by atoms with E-state index in [1.54, 1.807) is 13.0 Å². The van der Waals surface area contributed by atoms with Crippen LogP contribution >= 0.6 is 11.6 Å². The Kier molecular flexibility index (Phi) is 7.27. The average Bonchev–Trinajstić information content (AvgIpc) is 2.67. The zero-order valence-electron chi connectivity index (χ0n) is 14.9. The highest BCUT2D eigenvalue weighted by Crippen LogP contribution is 2.37. The van der Waals surface area contributed by atoms with Gasteiger partial charge in [-0.05, 0) is 55.0 Å². The molecular formula is C20H16ClN3O4. The maximum Gasteiger partial charge on any atom is 0.266 e. The number of nitrogens with zero attached hydrogens (tertiary/aromatic N) is 2. The van der Waals surface area contributed by atoms with Gasteiger partial charge in [0.25, 0.3) is 5.91 Å². The van der Waals surface area contributed by atoms with Crippen LogP contribution in [0.3, 0.4) is 0 Å². The summed E-state index contributed by atoms with van der Waals surface area (Å²) in [6.45, 7) is 1.91. The summed E-state index contributed by atoms with van der Waals surface area (Å²) in [5.74, 6) is -0.0417. The van der Waals surface area contributed by atoms with E-state index >= 15 is 0 Å². The zero-order chi connectivity index (χ0) is 20.5. The predicted octanol–water partition coefficient (Wildman–Crippen LogP) is 3.89. The first-order valence-corrected chi connectivity index (χ1v) is 8.54. The molecule has 0 aliphatic rings. The number of phenolic OH excluding ortho intramolecular Hbond substituents is 1. The van der Waals surface area contributed by atoms with Crippen molar-refractivity contribution in [3.8, 4) is 29.4 Å². The predicted molar refractivity (Wildman–Crippen MR) is 104 cm³/mol. The lowest BCUT2D eigenvalue weighted by atomic mass is 10.1. The summed E-state index contributed by atoms with van der Waals surface area (Å²) in [5.41, 5.74) is 0.727. The number of benzene rings is 2. The van der Waals surface area contributed by atoms with E-state index in [9.17, 15) is 15.2 Å². The molecule has 8 heteroatoms. The summed E-state index contributed by atoms with van der Waals surface area (Å²) in [5, 5.41) is 30.1. The molecule has 142 valence electrons. The number of amides is 1. The van der Waals surface area contributed by atoms with Crippen LogP contribution in [-0.4, -0.2) is 24.2 Å². The van der Waals surface area contributed by atoms with E-state index < -0.39 is 5.91 Å². The molecule has 0 fully saturated rings. The van der Waals surface area contributed by atoms with Gasteiger partial charge < -0.3 is 19.9 Å². The smallest absolute Gasteiger partial charge is 0.266 e. The molecule has 0 heterocycles. The summed E-state index contributed by atoms with van der Waals surface area (Å²) in [6, 6.07) is 12.6. The molecule has 0 aromatic heterocycles. The second-order valence-electron chi connectivity index (χ2n) is 5.38. The number of aromatic hydroxyl groups is 1. The van der Waals surface area contributed by atoms with E-state index in [0.717, 1.165) is 0 Å². The van der Waals surface area contributed by atoms with Crippen LogP contribution in [0.25, 0.3) is 6.08 Å². The lowest BCUT2D eigenvalue weighted by Crippen LogP contribution is -2.13. The molecular weight excluding hydrogens is 382 g/mol.